The van der Waals surface area contributed by atoms with Crippen molar-refractivity contribution in [2.45, 2.75) is 18.8 Å². The highest BCUT2D eigenvalue weighted by molar-refractivity contribution is 5.50. The van der Waals surface area contributed by atoms with Gasteiger partial charge in [-0.05, 0) is 29.9 Å². The Morgan fingerprint density at radius 2 is 2.21 bits per heavy atom. The van der Waals surface area contributed by atoms with Crippen molar-refractivity contribution in [3.05, 3.63) is 51.7 Å². The molecule has 72 valence electrons. The summed E-state index contributed by atoms with van der Waals surface area (Å²) in [4.78, 5) is 9.68. The van der Waals surface area contributed by atoms with Crippen LogP contribution in [0.15, 0.2) is 30.5 Å². The molecule has 0 radical (unpaired) electrons. The van der Waals surface area contributed by atoms with Gasteiger partial charge in [0.15, 0.2) is 0 Å². The lowest BCUT2D eigenvalue weighted by Crippen LogP contribution is -1.84. The Bertz CT molecular complexity index is 381. The number of hydrogen-bond donors (Lipinski definition) is 0. The molecule has 0 bridgehead atoms. The number of nitro groups is 1. The van der Waals surface area contributed by atoms with E-state index in [9.17, 15) is 10.1 Å². The van der Waals surface area contributed by atoms with Crippen molar-refractivity contribution in [3.8, 4) is 0 Å². The average Bonchev–Trinajstić information content (AvgIpc) is 2.98. The molecule has 3 nitrogen and oxygen atoms in total. The Balaban J connectivity index is 2.17. The van der Waals surface area contributed by atoms with E-state index in [1.807, 2.05) is 18.2 Å². The summed E-state index contributed by atoms with van der Waals surface area (Å²) in [5.74, 6) is 0.693. The van der Waals surface area contributed by atoms with Crippen LogP contribution in [0.5, 0.6) is 0 Å². The van der Waals surface area contributed by atoms with Gasteiger partial charge in [-0.2, -0.15) is 0 Å². The van der Waals surface area contributed by atoms with E-state index < -0.39 is 4.92 Å². The summed E-state index contributed by atoms with van der Waals surface area (Å²) in [6.45, 7) is 0. The van der Waals surface area contributed by atoms with Crippen LogP contribution >= 0.6 is 0 Å². The number of rotatable bonds is 3. The molecule has 0 amide bonds. The molecule has 1 saturated carbocycles. The molecular formula is C11H11NO2. The minimum absolute atomic E-state index is 0.441. The van der Waals surface area contributed by atoms with E-state index in [0.717, 1.165) is 11.8 Å². The molecular weight excluding hydrogens is 178 g/mol. The minimum Gasteiger partial charge on any atom is -0.259 e. The fourth-order valence-corrected chi connectivity index (χ4v) is 1.48. The van der Waals surface area contributed by atoms with Crippen molar-refractivity contribution in [2.75, 3.05) is 0 Å². The van der Waals surface area contributed by atoms with Crippen LogP contribution in [0, 0.1) is 10.1 Å². The first-order chi connectivity index (χ1) is 6.75. The quantitative estimate of drug-likeness (QED) is 0.542. The van der Waals surface area contributed by atoms with Crippen LogP contribution in [-0.2, 0) is 0 Å². The number of nitrogens with zero attached hydrogens (tertiary/aromatic N) is 1. The van der Waals surface area contributed by atoms with E-state index in [-0.39, 0.29) is 0 Å². The van der Waals surface area contributed by atoms with E-state index in [0.29, 0.717) is 5.92 Å². The molecule has 1 aromatic rings. The van der Waals surface area contributed by atoms with Gasteiger partial charge in [-0.25, -0.2) is 0 Å². The summed E-state index contributed by atoms with van der Waals surface area (Å²) >= 11 is 0. The highest BCUT2D eigenvalue weighted by atomic mass is 16.6. The smallest absolute Gasteiger partial charge is 0.235 e. The zero-order valence-corrected chi connectivity index (χ0v) is 7.72. The van der Waals surface area contributed by atoms with Gasteiger partial charge in [0.05, 0.1) is 4.92 Å². The fourth-order valence-electron chi connectivity index (χ4n) is 1.48. The van der Waals surface area contributed by atoms with Crippen LogP contribution in [0.25, 0.3) is 6.08 Å². The van der Waals surface area contributed by atoms with Gasteiger partial charge in [0, 0.05) is 6.08 Å². The first-order valence-electron chi connectivity index (χ1n) is 4.67. The predicted octanol–water partition coefficient (Wildman–Crippen LogP) is 2.81. The van der Waals surface area contributed by atoms with Crippen molar-refractivity contribution in [2.24, 2.45) is 0 Å². The highest BCUT2D eigenvalue weighted by Gasteiger charge is 2.23. The van der Waals surface area contributed by atoms with Crippen LogP contribution in [0.3, 0.4) is 0 Å². The Morgan fingerprint density at radius 3 is 2.86 bits per heavy atom. The third kappa shape index (κ3) is 2.19. The molecule has 0 saturated heterocycles. The molecule has 1 aromatic carbocycles. The van der Waals surface area contributed by atoms with Crippen LogP contribution < -0.4 is 0 Å². The van der Waals surface area contributed by atoms with Crippen molar-refractivity contribution in [3.63, 3.8) is 0 Å². The molecule has 0 heterocycles. The van der Waals surface area contributed by atoms with Gasteiger partial charge >= 0.3 is 0 Å². The van der Waals surface area contributed by atoms with Gasteiger partial charge in [-0.3, -0.25) is 10.1 Å². The normalized spacial score (nSPS) is 16.0. The monoisotopic (exact) mass is 189 g/mol. The van der Waals surface area contributed by atoms with Crippen molar-refractivity contribution >= 4 is 6.08 Å². The van der Waals surface area contributed by atoms with Crippen LogP contribution in [0.4, 0.5) is 0 Å². The number of hydrogen-bond acceptors (Lipinski definition) is 2. The highest BCUT2D eigenvalue weighted by Crippen LogP contribution is 2.40. The molecule has 1 aliphatic rings. The maximum atomic E-state index is 10.1. The van der Waals surface area contributed by atoms with Gasteiger partial charge in [0.2, 0.25) is 6.20 Å². The Labute approximate surface area is 82.2 Å². The minimum atomic E-state index is -0.441. The molecule has 14 heavy (non-hydrogen) atoms. The van der Waals surface area contributed by atoms with Gasteiger partial charge < -0.3 is 0 Å². The van der Waals surface area contributed by atoms with E-state index in [4.69, 9.17) is 0 Å². The summed E-state index contributed by atoms with van der Waals surface area (Å²) in [5.41, 5.74) is 2.21. The lowest BCUT2D eigenvalue weighted by molar-refractivity contribution is -0.400. The molecule has 0 unspecified atom stereocenters. The van der Waals surface area contributed by atoms with E-state index in [1.165, 1.54) is 24.5 Å². The molecule has 1 fully saturated rings. The van der Waals surface area contributed by atoms with Gasteiger partial charge in [-0.1, -0.05) is 24.3 Å². The first-order valence-corrected chi connectivity index (χ1v) is 4.67. The number of benzene rings is 1. The maximum absolute atomic E-state index is 10.1. The van der Waals surface area contributed by atoms with Gasteiger partial charge in [-0.15, -0.1) is 0 Å². The molecule has 0 aromatic heterocycles. The summed E-state index contributed by atoms with van der Waals surface area (Å²) in [7, 11) is 0. The van der Waals surface area contributed by atoms with Gasteiger partial charge in [0.1, 0.15) is 0 Å². The SMILES string of the molecule is O=[N+]([O-])C=Cc1cccc(C2CC2)c1. The average molecular weight is 189 g/mol. The summed E-state index contributed by atoms with van der Waals surface area (Å²) in [5, 5.41) is 10.1. The largest absolute Gasteiger partial charge is 0.259 e. The predicted molar refractivity (Wildman–Crippen MR) is 54.4 cm³/mol. The van der Waals surface area contributed by atoms with Crippen molar-refractivity contribution in [1.82, 2.24) is 0 Å². The Morgan fingerprint density at radius 1 is 1.43 bits per heavy atom. The summed E-state index contributed by atoms with van der Waals surface area (Å²) in [6, 6.07) is 7.94. The van der Waals surface area contributed by atoms with E-state index >= 15 is 0 Å². The molecule has 3 heteroatoms. The standard InChI is InChI=1S/C11H11NO2/c13-12(14)7-6-9-2-1-3-11(8-9)10-4-5-10/h1-3,6-8,10H,4-5H2. The molecule has 0 spiro atoms. The molecule has 2 rings (SSSR count). The van der Waals surface area contributed by atoms with Crippen molar-refractivity contribution < 1.29 is 4.92 Å². The third-order valence-corrected chi connectivity index (χ3v) is 2.35. The lowest BCUT2D eigenvalue weighted by atomic mass is 10.1. The second kappa shape index (κ2) is 3.62. The van der Waals surface area contributed by atoms with Crippen LogP contribution in [-0.4, -0.2) is 4.92 Å². The zero-order chi connectivity index (χ0) is 9.97. The molecule has 0 N–H and O–H groups in total. The summed E-state index contributed by atoms with van der Waals surface area (Å²) in [6.07, 6.45) is 5.02. The Hall–Kier alpha value is -1.64. The van der Waals surface area contributed by atoms with Crippen LogP contribution in [0.1, 0.15) is 29.9 Å². The lowest BCUT2D eigenvalue weighted by Gasteiger charge is -1.98. The molecule has 0 aliphatic heterocycles. The van der Waals surface area contributed by atoms with Crippen molar-refractivity contribution in [1.29, 1.82) is 0 Å². The first kappa shape index (κ1) is 8.94. The fraction of sp³-hybridized carbons (Fsp3) is 0.273. The van der Waals surface area contributed by atoms with Crippen LogP contribution in [0.2, 0.25) is 0 Å². The third-order valence-electron chi connectivity index (χ3n) is 2.35. The van der Waals surface area contributed by atoms with E-state index in [2.05, 4.69) is 6.07 Å². The second-order valence-electron chi connectivity index (χ2n) is 3.55. The van der Waals surface area contributed by atoms with Gasteiger partial charge in [0.25, 0.3) is 0 Å². The topological polar surface area (TPSA) is 43.1 Å². The zero-order valence-electron chi connectivity index (χ0n) is 7.72. The molecule has 0 atom stereocenters. The Kier molecular flexibility index (Phi) is 2.31. The van der Waals surface area contributed by atoms with E-state index in [1.54, 1.807) is 0 Å². The second-order valence-corrected chi connectivity index (χ2v) is 3.55. The maximum Gasteiger partial charge on any atom is 0.235 e. The summed E-state index contributed by atoms with van der Waals surface area (Å²) < 4.78 is 0. The molecule has 1 aliphatic carbocycles.